The van der Waals surface area contributed by atoms with Gasteiger partial charge < -0.3 is 19.6 Å². The minimum atomic E-state index is -0.840. The van der Waals surface area contributed by atoms with Crippen LogP contribution in [0, 0.1) is 5.92 Å². The minimum absolute atomic E-state index is 0.150. The molecule has 3 rings (SSSR count). The predicted molar refractivity (Wildman–Crippen MR) is 102 cm³/mol. The molecular formula is C21H32N2O3. The van der Waals surface area contributed by atoms with Crippen LogP contribution in [0.5, 0.6) is 5.75 Å². The number of rotatable bonds is 5. The van der Waals surface area contributed by atoms with E-state index in [0.717, 1.165) is 31.7 Å². The molecule has 0 bridgehead atoms. The zero-order valence-electron chi connectivity index (χ0n) is 16.1. The highest BCUT2D eigenvalue weighted by Gasteiger charge is 2.37. The van der Waals surface area contributed by atoms with Gasteiger partial charge in [-0.1, -0.05) is 18.2 Å². The number of amides is 1. The van der Waals surface area contributed by atoms with Gasteiger partial charge in [0.15, 0.2) is 0 Å². The molecule has 144 valence electrons. The highest BCUT2D eigenvalue weighted by Crippen LogP contribution is 2.27. The lowest BCUT2D eigenvalue weighted by molar-refractivity contribution is -0.142. The average molecular weight is 360 g/mol. The zero-order valence-corrected chi connectivity index (χ0v) is 16.1. The van der Waals surface area contributed by atoms with Gasteiger partial charge in [0.1, 0.15) is 18.0 Å². The third-order valence-corrected chi connectivity index (χ3v) is 5.87. The molecule has 26 heavy (non-hydrogen) atoms. The Morgan fingerprint density at radius 3 is 2.35 bits per heavy atom. The lowest BCUT2D eigenvalue weighted by atomic mass is 9.89. The van der Waals surface area contributed by atoms with E-state index in [1.807, 2.05) is 35.2 Å². The molecule has 1 N–H and O–H groups in total. The van der Waals surface area contributed by atoms with Gasteiger partial charge in [-0.25, -0.2) is 0 Å². The van der Waals surface area contributed by atoms with Crippen LogP contribution in [-0.2, 0) is 4.79 Å². The average Bonchev–Trinajstić information content (AvgIpc) is 2.67. The second kappa shape index (κ2) is 8.40. The second-order valence-corrected chi connectivity index (χ2v) is 8.06. The molecule has 2 aliphatic rings. The molecule has 0 spiro atoms. The summed E-state index contributed by atoms with van der Waals surface area (Å²) in [6.45, 7) is 7.98. The van der Waals surface area contributed by atoms with E-state index in [4.69, 9.17) is 4.74 Å². The Kier molecular flexibility index (Phi) is 6.20. The van der Waals surface area contributed by atoms with Crippen LogP contribution < -0.4 is 4.74 Å². The first-order valence-electron chi connectivity index (χ1n) is 9.90. The van der Waals surface area contributed by atoms with Gasteiger partial charge >= 0.3 is 0 Å². The summed E-state index contributed by atoms with van der Waals surface area (Å²) in [7, 11) is 0. The number of piperidine rings is 2. The van der Waals surface area contributed by atoms with Gasteiger partial charge in [0.05, 0.1) is 0 Å². The number of carbonyl (C=O) groups is 1. The third kappa shape index (κ3) is 4.77. The normalized spacial score (nSPS) is 21.8. The fourth-order valence-electron chi connectivity index (χ4n) is 3.94. The molecule has 0 radical (unpaired) electrons. The van der Waals surface area contributed by atoms with Crippen LogP contribution in [0.25, 0.3) is 0 Å². The smallest absolute Gasteiger partial charge is 0.225 e. The van der Waals surface area contributed by atoms with Crippen LogP contribution in [0.3, 0.4) is 0 Å². The number of para-hydroxylation sites is 1. The molecule has 0 atom stereocenters. The first-order valence-corrected chi connectivity index (χ1v) is 9.90. The number of nitrogens with zero attached hydrogens (tertiary/aromatic N) is 2. The van der Waals surface area contributed by atoms with Gasteiger partial charge in [0.2, 0.25) is 5.91 Å². The van der Waals surface area contributed by atoms with Crippen molar-refractivity contribution >= 4 is 5.91 Å². The fraction of sp³-hybridized carbons (Fsp3) is 0.667. The Hall–Kier alpha value is -1.59. The Morgan fingerprint density at radius 2 is 1.77 bits per heavy atom. The van der Waals surface area contributed by atoms with Gasteiger partial charge in [0, 0.05) is 25.0 Å². The van der Waals surface area contributed by atoms with Crippen LogP contribution in [0.15, 0.2) is 30.3 Å². The number of likely N-dealkylation sites (tertiary alicyclic amines) is 2. The summed E-state index contributed by atoms with van der Waals surface area (Å²) in [5, 5.41) is 10.8. The quantitative estimate of drug-likeness (QED) is 0.877. The van der Waals surface area contributed by atoms with Gasteiger partial charge in [-0.15, -0.1) is 0 Å². The first kappa shape index (κ1) is 19.2. The van der Waals surface area contributed by atoms with Crippen LogP contribution in [0.2, 0.25) is 0 Å². The van der Waals surface area contributed by atoms with E-state index < -0.39 is 5.60 Å². The van der Waals surface area contributed by atoms with Crippen LogP contribution >= 0.6 is 0 Å². The maximum atomic E-state index is 12.8. The van der Waals surface area contributed by atoms with Gasteiger partial charge in [-0.2, -0.15) is 0 Å². The highest BCUT2D eigenvalue weighted by molar-refractivity contribution is 5.79. The van der Waals surface area contributed by atoms with Gasteiger partial charge in [-0.3, -0.25) is 4.79 Å². The standard InChI is InChI=1S/C21H32N2O3/c1-17(2)22-12-8-18(9-13-22)20(24)23-14-10-21(25,11-15-23)16-26-19-6-4-3-5-7-19/h3-7,17-18,25H,8-16H2,1-2H3. The molecule has 0 saturated carbocycles. The molecule has 0 aromatic heterocycles. The van der Waals surface area contributed by atoms with Crippen molar-refractivity contribution in [2.24, 2.45) is 5.92 Å². The maximum Gasteiger partial charge on any atom is 0.225 e. The summed E-state index contributed by atoms with van der Waals surface area (Å²) in [6, 6.07) is 10.1. The van der Waals surface area contributed by atoms with E-state index in [-0.39, 0.29) is 18.4 Å². The van der Waals surface area contributed by atoms with Crippen molar-refractivity contribution in [3.8, 4) is 5.75 Å². The molecule has 1 aromatic carbocycles. The summed E-state index contributed by atoms with van der Waals surface area (Å²) in [4.78, 5) is 17.2. The number of hydrogen-bond acceptors (Lipinski definition) is 4. The van der Waals surface area contributed by atoms with Crippen LogP contribution in [0.4, 0.5) is 0 Å². The van der Waals surface area contributed by atoms with Crippen molar-refractivity contribution < 1.29 is 14.6 Å². The number of ether oxygens (including phenoxy) is 1. The van der Waals surface area contributed by atoms with Crippen molar-refractivity contribution in [1.82, 2.24) is 9.80 Å². The van der Waals surface area contributed by atoms with E-state index in [1.54, 1.807) is 0 Å². The lowest BCUT2D eigenvalue weighted by Crippen LogP contribution is -2.52. The monoisotopic (exact) mass is 360 g/mol. The number of hydrogen-bond donors (Lipinski definition) is 1. The van der Waals surface area contributed by atoms with Crippen LogP contribution in [0.1, 0.15) is 39.5 Å². The number of carbonyl (C=O) groups excluding carboxylic acids is 1. The van der Waals surface area contributed by atoms with E-state index in [2.05, 4.69) is 18.7 Å². The summed E-state index contributed by atoms with van der Waals surface area (Å²) in [5.41, 5.74) is -0.840. The molecule has 0 unspecified atom stereocenters. The lowest BCUT2D eigenvalue weighted by Gasteiger charge is -2.41. The fourth-order valence-corrected chi connectivity index (χ4v) is 3.94. The molecule has 2 aliphatic heterocycles. The molecule has 2 saturated heterocycles. The molecule has 5 heteroatoms. The summed E-state index contributed by atoms with van der Waals surface area (Å²) >= 11 is 0. The Balaban J connectivity index is 1.45. The molecule has 5 nitrogen and oxygen atoms in total. The van der Waals surface area contributed by atoms with Crippen molar-refractivity contribution in [2.45, 2.75) is 51.2 Å². The Labute approximate surface area is 156 Å². The molecule has 0 aliphatic carbocycles. The van der Waals surface area contributed by atoms with Gasteiger partial charge in [-0.05, 0) is 64.8 Å². The van der Waals surface area contributed by atoms with Crippen molar-refractivity contribution in [3.63, 3.8) is 0 Å². The minimum Gasteiger partial charge on any atom is -0.491 e. The second-order valence-electron chi connectivity index (χ2n) is 8.06. The van der Waals surface area contributed by atoms with E-state index in [0.29, 0.717) is 32.0 Å². The molecular weight excluding hydrogens is 328 g/mol. The predicted octanol–water partition coefficient (Wildman–Crippen LogP) is 2.54. The third-order valence-electron chi connectivity index (χ3n) is 5.87. The number of benzene rings is 1. The molecule has 1 amide bonds. The van der Waals surface area contributed by atoms with Gasteiger partial charge in [0.25, 0.3) is 0 Å². The van der Waals surface area contributed by atoms with Crippen LogP contribution in [-0.4, -0.2) is 65.2 Å². The molecule has 2 fully saturated rings. The first-order chi connectivity index (χ1) is 12.5. The SMILES string of the molecule is CC(C)N1CCC(C(=O)N2CCC(O)(COc3ccccc3)CC2)CC1. The van der Waals surface area contributed by atoms with Crippen molar-refractivity contribution in [2.75, 3.05) is 32.8 Å². The maximum absolute atomic E-state index is 12.8. The summed E-state index contributed by atoms with van der Waals surface area (Å²) < 4.78 is 5.74. The number of aliphatic hydroxyl groups is 1. The largest absolute Gasteiger partial charge is 0.491 e. The van der Waals surface area contributed by atoms with Crippen molar-refractivity contribution in [1.29, 1.82) is 0 Å². The van der Waals surface area contributed by atoms with E-state index in [1.165, 1.54) is 0 Å². The topological polar surface area (TPSA) is 53.0 Å². The van der Waals surface area contributed by atoms with E-state index >= 15 is 0 Å². The zero-order chi connectivity index (χ0) is 18.6. The highest BCUT2D eigenvalue weighted by atomic mass is 16.5. The molecule has 1 aromatic rings. The van der Waals surface area contributed by atoms with E-state index in [9.17, 15) is 9.90 Å². The van der Waals surface area contributed by atoms with Crippen molar-refractivity contribution in [3.05, 3.63) is 30.3 Å². The summed E-state index contributed by atoms with van der Waals surface area (Å²) in [6.07, 6.45) is 3.07. The summed E-state index contributed by atoms with van der Waals surface area (Å²) in [5.74, 6) is 1.20. The molecule has 2 heterocycles. The Morgan fingerprint density at radius 1 is 1.15 bits per heavy atom. The Bertz CT molecular complexity index is 574.